The summed E-state index contributed by atoms with van der Waals surface area (Å²) in [5, 5.41) is 11.2. The molecule has 0 spiro atoms. The van der Waals surface area contributed by atoms with Gasteiger partial charge in [0.1, 0.15) is 5.56 Å². The molecule has 3 aromatic rings. The first-order chi connectivity index (χ1) is 17.0. The van der Waals surface area contributed by atoms with Crippen molar-refractivity contribution in [3.63, 3.8) is 0 Å². The average molecular weight is 479 g/mol. The van der Waals surface area contributed by atoms with Gasteiger partial charge >= 0.3 is 0 Å². The number of pyridine rings is 1. The van der Waals surface area contributed by atoms with Crippen LogP contribution in [0.3, 0.4) is 0 Å². The molecule has 0 radical (unpaired) electrons. The Bertz CT molecular complexity index is 1310. The molecule has 3 aliphatic heterocycles. The van der Waals surface area contributed by atoms with Crippen LogP contribution in [0.5, 0.6) is 0 Å². The van der Waals surface area contributed by atoms with Gasteiger partial charge in [-0.2, -0.15) is 5.10 Å². The second kappa shape index (κ2) is 9.61. The van der Waals surface area contributed by atoms with Crippen molar-refractivity contribution >= 4 is 18.0 Å². The maximum absolute atomic E-state index is 13.4. The van der Waals surface area contributed by atoms with Crippen molar-refractivity contribution in [1.82, 2.24) is 29.0 Å². The largest absolute Gasteiger partial charge is 0.483 e. The van der Waals surface area contributed by atoms with E-state index in [1.807, 2.05) is 28.7 Å². The van der Waals surface area contributed by atoms with Crippen molar-refractivity contribution in [2.75, 3.05) is 26.2 Å². The van der Waals surface area contributed by atoms with Crippen LogP contribution < -0.4 is 5.56 Å². The van der Waals surface area contributed by atoms with Crippen LogP contribution in [-0.4, -0.2) is 72.6 Å². The third-order valence-corrected chi connectivity index (χ3v) is 7.28. The highest BCUT2D eigenvalue weighted by Gasteiger charge is 2.37. The van der Waals surface area contributed by atoms with Crippen LogP contribution in [0, 0.1) is 12.8 Å². The molecule has 0 unspecified atom stereocenters. The molecule has 3 aromatic heterocycles. The van der Waals surface area contributed by atoms with Gasteiger partial charge in [-0.15, -0.1) is 0 Å². The lowest BCUT2D eigenvalue weighted by Crippen LogP contribution is -2.49. The summed E-state index contributed by atoms with van der Waals surface area (Å²) in [7, 11) is 0. The van der Waals surface area contributed by atoms with E-state index in [1.54, 1.807) is 16.9 Å². The molecule has 2 saturated heterocycles. The van der Waals surface area contributed by atoms with E-state index in [0.717, 1.165) is 42.9 Å². The van der Waals surface area contributed by atoms with E-state index in [4.69, 9.17) is 9.90 Å². The Morgan fingerprint density at radius 1 is 1.17 bits per heavy atom. The molecule has 1 N–H and O–H groups in total. The molecule has 6 rings (SSSR count). The first-order valence-electron chi connectivity index (χ1n) is 12.1. The van der Waals surface area contributed by atoms with Crippen LogP contribution in [0.25, 0.3) is 5.65 Å². The summed E-state index contributed by atoms with van der Waals surface area (Å²) in [6.45, 7) is 6.61. The van der Waals surface area contributed by atoms with Crippen LogP contribution in [0.4, 0.5) is 0 Å². The van der Waals surface area contributed by atoms with Gasteiger partial charge in [0.2, 0.25) is 0 Å². The Labute approximate surface area is 202 Å². The van der Waals surface area contributed by atoms with Crippen molar-refractivity contribution in [1.29, 1.82) is 0 Å². The first kappa shape index (κ1) is 23.2. The molecule has 0 aromatic carbocycles. The molecule has 35 heavy (non-hydrogen) atoms. The summed E-state index contributed by atoms with van der Waals surface area (Å²) in [6, 6.07) is 4.15. The number of aryl methyl sites for hydroxylation is 1. The predicted molar refractivity (Wildman–Crippen MR) is 128 cm³/mol. The Balaban J connectivity index is 0.000000806. The summed E-state index contributed by atoms with van der Waals surface area (Å²) < 4.78 is 3.66. The molecule has 10 heteroatoms. The number of carboxylic acid groups (broad SMARTS) is 1. The van der Waals surface area contributed by atoms with Crippen LogP contribution in [0.2, 0.25) is 0 Å². The molecule has 3 aliphatic rings. The van der Waals surface area contributed by atoms with E-state index >= 15 is 0 Å². The maximum Gasteiger partial charge on any atom is 0.290 e. The molecule has 0 aliphatic carbocycles. The Hall–Kier alpha value is -3.53. The van der Waals surface area contributed by atoms with Crippen molar-refractivity contribution in [3.8, 4) is 0 Å². The van der Waals surface area contributed by atoms with Crippen LogP contribution >= 0.6 is 0 Å². The molecule has 2 bridgehead atoms. The zero-order valence-corrected chi connectivity index (χ0v) is 19.8. The number of nitrogens with zero attached hydrogens (tertiary/aromatic N) is 6. The van der Waals surface area contributed by atoms with E-state index in [9.17, 15) is 9.59 Å². The van der Waals surface area contributed by atoms with Crippen molar-refractivity contribution < 1.29 is 14.7 Å². The van der Waals surface area contributed by atoms with Gasteiger partial charge in [0, 0.05) is 55.7 Å². The Morgan fingerprint density at radius 2 is 1.94 bits per heavy atom. The SMILES string of the molecule is Cc1cnc2c(C(=O)N3C[C@@H]4C[C@H](C3)c3ccc(CN5CCCC5)c(=O)n3C4)cnn2c1.O=CO. The van der Waals surface area contributed by atoms with Crippen molar-refractivity contribution in [2.24, 2.45) is 5.92 Å². The third-order valence-electron chi connectivity index (χ3n) is 7.28. The summed E-state index contributed by atoms with van der Waals surface area (Å²) in [4.78, 5) is 43.7. The molecule has 0 saturated carbocycles. The van der Waals surface area contributed by atoms with E-state index in [-0.39, 0.29) is 23.9 Å². The number of amides is 1. The number of likely N-dealkylation sites (tertiary alicyclic amines) is 2. The fourth-order valence-electron chi connectivity index (χ4n) is 5.75. The number of aromatic nitrogens is 4. The third kappa shape index (κ3) is 4.45. The fraction of sp³-hybridized carbons (Fsp3) is 0.480. The van der Waals surface area contributed by atoms with E-state index in [2.05, 4.69) is 21.0 Å². The highest BCUT2D eigenvalue weighted by atomic mass is 16.3. The van der Waals surface area contributed by atoms with Gasteiger partial charge in [0.25, 0.3) is 17.9 Å². The smallest absolute Gasteiger partial charge is 0.290 e. The number of piperidine rings is 1. The number of fused-ring (bicyclic) bond motifs is 5. The lowest BCUT2D eigenvalue weighted by Gasteiger charge is -2.42. The van der Waals surface area contributed by atoms with Crippen LogP contribution in [0.1, 0.15) is 52.4 Å². The number of rotatable bonds is 3. The lowest BCUT2D eigenvalue weighted by atomic mass is 9.82. The Morgan fingerprint density at radius 3 is 2.71 bits per heavy atom. The summed E-state index contributed by atoms with van der Waals surface area (Å²) in [5.41, 5.74) is 4.27. The van der Waals surface area contributed by atoms with Gasteiger partial charge in [0.05, 0.1) is 6.20 Å². The Kier molecular flexibility index (Phi) is 6.38. The molecule has 1 amide bonds. The molecular formula is C25H30N6O4. The zero-order valence-electron chi connectivity index (χ0n) is 19.8. The van der Waals surface area contributed by atoms with E-state index in [0.29, 0.717) is 36.8 Å². The first-order valence-corrected chi connectivity index (χ1v) is 12.1. The van der Waals surface area contributed by atoms with Gasteiger partial charge in [-0.1, -0.05) is 6.07 Å². The monoisotopic (exact) mass is 478 g/mol. The topological polar surface area (TPSA) is 113 Å². The van der Waals surface area contributed by atoms with E-state index < -0.39 is 0 Å². The maximum atomic E-state index is 13.4. The second-order valence-electron chi connectivity index (χ2n) is 9.75. The number of carbonyl (C=O) groups is 2. The zero-order chi connectivity index (χ0) is 24.5. The van der Waals surface area contributed by atoms with Crippen LogP contribution in [-0.2, 0) is 17.9 Å². The molecule has 2 atom stereocenters. The van der Waals surface area contributed by atoms with Crippen molar-refractivity contribution in [2.45, 2.75) is 45.2 Å². The quantitative estimate of drug-likeness (QED) is 0.571. The minimum Gasteiger partial charge on any atom is -0.483 e. The van der Waals surface area contributed by atoms with Gasteiger partial charge in [-0.25, -0.2) is 9.50 Å². The number of hydrogen-bond donors (Lipinski definition) is 1. The average Bonchev–Trinajstić information content (AvgIpc) is 3.51. The second-order valence-corrected chi connectivity index (χ2v) is 9.75. The summed E-state index contributed by atoms with van der Waals surface area (Å²) >= 11 is 0. The minimum atomic E-state index is -0.250. The molecular weight excluding hydrogens is 448 g/mol. The highest BCUT2D eigenvalue weighted by molar-refractivity contribution is 5.99. The van der Waals surface area contributed by atoms with Gasteiger partial charge < -0.3 is 14.6 Å². The van der Waals surface area contributed by atoms with Gasteiger partial charge in [0.15, 0.2) is 5.65 Å². The molecule has 184 valence electrons. The predicted octanol–water partition coefficient (Wildman–Crippen LogP) is 1.76. The van der Waals surface area contributed by atoms with Gasteiger partial charge in [-0.05, 0) is 56.8 Å². The van der Waals surface area contributed by atoms with E-state index in [1.165, 1.54) is 12.8 Å². The number of carbonyl (C=O) groups excluding carboxylic acids is 1. The van der Waals surface area contributed by atoms with Crippen molar-refractivity contribution in [3.05, 3.63) is 63.5 Å². The minimum absolute atomic E-state index is 0.0208. The van der Waals surface area contributed by atoms with Crippen LogP contribution in [0.15, 0.2) is 35.5 Å². The molecule has 2 fully saturated rings. The highest BCUT2D eigenvalue weighted by Crippen LogP contribution is 2.36. The fourth-order valence-corrected chi connectivity index (χ4v) is 5.75. The normalized spacial score (nSPS) is 21.3. The molecule has 10 nitrogen and oxygen atoms in total. The van der Waals surface area contributed by atoms with Gasteiger partial charge in [-0.3, -0.25) is 19.3 Å². The summed E-state index contributed by atoms with van der Waals surface area (Å²) in [5.74, 6) is 0.464. The molecule has 6 heterocycles. The standard InChI is InChI=1S/C24H28N6O2.CH2O2/c1-16-9-25-22-20(10-26-30(22)11-16)24(32)28-12-17-8-19(15-28)21-5-4-18(23(31)29(21)13-17)14-27-6-2-3-7-27;2-1-3/h4-5,9-11,17,19H,2-3,6-8,12-15H2,1H3;1H,(H,2,3)/t17-,19+;/m0./s1. The lowest BCUT2D eigenvalue weighted by molar-refractivity contribution is -0.122. The number of hydrogen-bond acceptors (Lipinski definition) is 6. The summed E-state index contributed by atoms with van der Waals surface area (Å²) in [6.07, 6.45) is 8.75.